The number of carboxylic acids is 1. The highest BCUT2D eigenvalue weighted by Gasteiger charge is 2.15. The fourth-order valence-electron chi connectivity index (χ4n) is 1.71. The molecule has 1 rings (SSSR count). The number of rotatable bonds is 7. The van der Waals surface area contributed by atoms with Crippen molar-refractivity contribution in [3.63, 3.8) is 0 Å². The van der Waals surface area contributed by atoms with Crippen molar-refractivity contribution in [2.24, 2.45) is 0 Å². The Hall–Kier alpha value is -1.47. The molecule has 1 aromatic rings. The van der Waals surface area contributed by atoms with Crippen molar-refractivity contribution in [1.82, 2.24) is 4.90 Å². The second kappa shape index (κ2) is 7.20. The summed E-state index contributed by atoms with van der Waals surface area (Å²) in [6, 6.07) is 4.93. The van der Waals surface area contributed by atoms with Crippen molar-refractivity contribution in [1.29, 1.82) is 0 Å². The first-order valence-corrected chi connectivity index (χ1v) is 6.52. The lowest BCUT2D eigenvalue weighted by molar-refractivity contribution is -0.385. The smallest absolute Gasteiger partial charge is 0.303 e. The van der Waals surface area contributed by atoms with E-state index >= 15 is 0 Å². The molecule has 0 aliphatic heterocycles. The van der Waals surface area contributed by atoms with E-state index in [-0.39, 0.29) is 12.1 Å². The van der Waals surface area contributed by atoms with Gasteiger partial charge >= 0.3 is 5.97 Å². The molecule has 0 atom stereocenters. The summed E-state index contributed by atoms with van der Waals surface area (Å²) in [7, 11) is 1.81. The Morgan fingerprint density at radius 1 is 1.53 bits per heavy atom. The summed E-state index contributed by atoms with van der Waals surface area (Å²) in [5, 5.41) is 19.5. The predicted octanol–water partition coefficient (Wildman–Crippen LogP) is 2.65. The summed E-state index contributed by atoms with van der Waals surface area (Å²) in [4.78, 5) is 22.8. The standard InChI is InChI=1S/C12H15BrN2O4/c1-14(6-2-3-12(16)17)8-9-4-5-10(13)7-11(9)15(18)19/h4-5,7H,2-3,6,8H2,1H3,(H,16,17). The minimum absolute atomic E-state index is 0.0689. The lowest BCUT2D eigenvalue weighted by Gasteiger charge is -2.16. The maximum atomic E-state index is 10.9. The van der Waals surface area contributed by atoms with E-state index < -0.39 is 10.9 Å². The molecule has 0 fully saturated rings. The third-order valence-electron chi connectivity index (χ3n) is 2.61. The molecule has 6 nitrogen and oxygen atoms in total. The molecule has 7 heteroatoms. The van der Waals surface area contributed by atoms with Gasteiger partial charge in [-0.05, 0) is 32.1 Å². The number of aliphatic carboxylic acids is 1. The van der Waals surface area contributed by atoms with Crippen molar-refractivity contribution in [3.8, 4) is 0 Å². The molecular weight excluding hydrogens is 316 g/mol. The first kappa shape index (κ1) is 15.6. The fourth-order valence-corrected chi connectivity index (χ4v) is 2.06. The molecule has 104 valence electrons. The lowest BCUT2D eigenvalue weighted by atomic mass is 10.1. The number of hydrogen-bond acceptors (Lipinski definition) is 4. The Morgan fingerprint density at radius 2 is 2.21 bits per heavy atom. The van der Waals surface area contributed by atoms with Crippen molar-refractivity contribution in [2.45, 2.75) is 19.4 Å². The van der Waals surface area contributed by atoms with Crippen LogP contribution in [0.4, 0.5) is 5.69 Å². The number of nitro benzene ring substituents is 1. The van der Waals surface area contributed by atoms with Crippen LogP contribution >= 0.6 is 15.9 Å². The molecule has 0 radical (unpaired) electrons. The highest BCUT2D eigenvalue weighted by atomic mass is 79.9. The molecule has 0 unspecified atom stereocenters. The zero-order chi connectivity index (χ0) is 14.4. The van der Waals surface area contributed by atoms with Crippen LogP contribution < -0.4 is 0 Å². The summed E-state index contributed by atoms with van der Waals surface area (Å²) in [6.07, 6.45) is 0.628. The minimum Gasteiger partial charge on any atom is -0.481 e. The van der Waals surface area contributed by atoms with Gasteiger partial charge in [-0.15, -0.1) is 0 Å². The van der Waals surface area contributed by atoms with E-state index in [0.29, 0.717) is 29.5 Å². The van der Waals surface area contributed by atoms with Gasteiger partial charge in [-0.1, -0.05) is 15.9 Å². The molecule has 0 saturated heterocycles. The lowest BCUT2D eigenvalue weighted by Crippen LogP contribution is -2.20. The van der Waals surface area contributed by atoms with E-state index in [4.69, 9.17) is 5.11 Å². The SMILES string of the molecule is CN(CCCC(=O)O)Cc1ccc(Br)cc1[N+](=O)[O-]. The number of nitrogens with zero attached hydrogens (tertiary/aromatic N) is 2. The molecule has 0 spiro atoms. The van der Waals surface area contributed by atoms with Gasteiger partial charge in [-0.3, -0.25) is 14.9 Å². The number of carbonyl (C=O) groups is 1. The van der Waals surface area contributed by atoms with Crippen LogP contribution in [0.1, 0.15) is 18.4 Å². The van der Waals surface area contributed by atoms with Crippen LogP contribution in [0, 0.1) is 10.1 Å². The molecule has 0 aliphatic carbocycles. The van der Waals surface area contributed by atoms with E-state index in [1.807, 2.05) is 11.9 Å². The Labute approximate surface area is 119 Å². The largest absolute Gasteiger partial charge is 0.481 e. The summed E-state index contributed by atoms with van der Waals surface area (Å²) in [5.41, 5.74) is 0.686. The van der Waals surface area contributed by atoms with Gasteiger partial charge in [0.1, 0.15) is 0 Å². The van der Waals surface area contributed by atoms with Crippen LogP contribution in [0.15, 0.2) is 22.7 Å². The Kier molecular flexibility index (Phi) is 5.91. The fraction of sp³-hybridized carbons (Fsp3) is 0.417. The van der Waals surface area contributed by atoms with Crippen molar-refractivity contribution >= 4 is 27.6 Å². The predicted molar refractivity (Wildman–Crippen MR) is 74.0 cm³/mol. The van der Waals surface area contributed by atoms with Gasteiger partial charge in [-0.25, -0.2) is 0 Å². The maximum Gasteiger partial charge on any atom is 0.303 e. The zero-order valence-electron chi connectivity index (χ0n) is 10.5. The van der Waals surface area contributed by atoms with Crippen molar-refractivity contribution in [2.75, 3.05) is 13.6 Å². The third-order valence-corrected chi connectivity index (χ3v) is 3.11. The summed E-state index contributed by atoms with van der Waals surface area (Å²) in [5.74, 6) is -0.831. The van der Waals surface area contributed by atoms with Gasteiger partial charge in [0, 0.05) is 29.1 Å². The third kappa shape index (κ3) is 5.35. The number of benzene rings is 1. The molecule has 0 aliphatic rings. The molecule has 0 aromatic heterocycles. The Morgan fingerprint density at radius 3 is 2.79 bits per heavy atom. The van der Waals surface area contributed by atoms with Crippen LogP contribution in [-0.2, 0) is 11.3 Å². The second-order valence-corrected chi connectivity index (χ2v) is 5.18. The van der Waals surface area contributed by atoms with Gasteiger partial charge in [0.15, 0.2) is 0 Å². The molecule has 0 amide bonds. The second-order valence-electron chi connectivity index (χ2n) is 4.27. The molecular formula is C12H15BrN2O4. The number of nitro groups is 1. The molecule has 0 saturated carbocycles. The number of halogens is 1. The molecule has 1 aromatic carbocycles. The quantitative estimate of drug-likeness (QED) is 0.613. The van der Waals surface area contributed by atoms with Crippen molar-refractivity contribution in [3.05, 3.63) is 38.3 Å². The van der Waals surface area contributed by atoms with Gasteiger partial charge in [-0.2, -0.15) is 0 Å². The van der Waals surface area contributed by atoms with Gasteiger partial charge in [0.05, 0.1) is 4.92 Å². The van der Waals surface area contributed by atoms with Gasteiger partial charge in [0.25, 0.3) is 5.69 Å². The summed E-state index contributed by atoms with van der Waals surface area (Å²) >= 11 is 3.21. The van der Waals surface area contributed by atoms with E-state index in [1.54, 1.807) is 12.1 Å². The minimum atomic E-state index is -0.831. The summed E-state index contributed by atoms with van der Waals surface area (Å²) in [6.45, 7) is 1.00. The zero-order valence-corrected chi connectivity index (χ0v) is 12.1. The average molecular weight is 331 g/mol. The van der Waals surface area contributed by atoms with Gasteiger partial charge < -0.3 is 10.0 Å². The van der Waals surface area contributed by atoms with E-state index in [9.17, 15) is 14.9 Å². The highest BCUT2D eigenvalue weighted by molar-refractivity contribution is 9.10. The molecule has 0 heterocycles. The normalized spacial score (nSPS) is 10.7. The van der Waals surface area contributed by atoms with E-state index in [0.717, 1.165) is 0 Å². The molecule has 1 N–H and O–H groups in total. The average Bonchev–Trinajstić information content (AvgIpc) is 2.30. The number of carboxylic acid groups (broad SMARTS) is 1. The topological polar surface area (TPSA) is 83.7 Å². The molecule has 0 bridgehead atoms. The monoisotopic (exact) mass is 330 g/mol. The Bertz CT molecular complexity index is 479. The van der Waals surface area contributed by atoms with E-state index in [2.05, 4.69) is 15.9 Å². The van der Waals surface area contributed by atoms with Crippen LogP contribution in [0.25, 0.3) is 0 Å². The number of hydrogen-bond donors (Lipinski definition) is 1. The van der Waals surface area contributed by atoms with Gasteiger partial charge in [0.2, 0.25) is 0 Å². The first-order chi connectivity index (χ1) is 8.90. The molecule has 19 heavy (non-hydrogen) atoms. The summed E-state index contributed by atoms with van der Waals surface area (Å²) < 4.78 is 0.663. The van der Waals surface area contributed by atoms with Crippen LogP contribution in [0.2, 0.25) is 0 Å². The van der Waals surface area contributed by atoms with Crippen molar-refractivity contribution < 1.29 is 14.8 Å². The van der Waals surface area contributed by atoms with E-state index in [1.165, 1.54) is 6.07 Å². The highest BCUT2D eigenvalue weighted by Crippen LogP contribution is 2.24. The first-order valence-electron chi connectivity index (χ1n) is 5.73. The maximum absolute atomic E-state index is 10.9. The van der Waals surface area contributed by atoms with Crippen LogP contribution in [0.3, 0.4) is 0 Å². The van der Waals surface area contributed by atoms with Crippen LogP contribution in [-0.4, -0.2) is 34.5 Å². The van der Waals surface area contributed by atoms with Crippen LogP contribution in [0.5, 0.6) is 0 Å². The Balaban J connectivity index is 2.65.